The van der Waals surface area contributed by atoms with E-state index < -0.39 is 5.82 Å². The average molecular weight is 307 g/mol. The maximum Gasteiger partial charge on any atom is 0.151 e. The highest BCUT2D eigenvalue weighted by molar-refractivity contribution is 6.37. The van der Waals surface area contributed by atoms with E-state index in [1.54, 1.807) is 0 Å². The number of hydrogen-bond acceptors (Lipinski definition) is 3. The minimum atomic E-state index is -0.481. The first-order valence-electron chi connectivity index (χ1n) is 4.81. The number of nitrogens with one attached hydrogen (secondary N) is 1. The van der Waals surface area contributed by atoms with Crippen LogP contribution in [-0.2, 0) is 0 Å². The van der Waals surface area contributed by atoms with Crippen LogP contribution < -0.4 is 11.1 Å². The summed E-state index contributed by atoms with van der Waals surface area (Å²) in [5.41, 5.74) is 5.70. The predicted octanol–water partition coefficient (Wildman–Crippen LogP) is 4.51. The molecule has 0 aliphatic heterocycles. The average Bonchev–Trinajstić information content (AvgIpc) is 2.30. The molecule has 18 heavy (non-hydrogen) atoms. The topological polar surface area (TPSA) is 50.9 Å². The van der Waals surface area contributed by atoms with Crippen molar-refractivity contribution in [1.29, 1.82) is 0 Å². The zero-order chi connectivity index (χ0) is 13.3. The van der Waals surface area contributed by atoms with Crippen LogP contribution in [0.5, 0.6) is 0 Å². The fourth-order valence-electron chi connectivity index (χ4n) is 1.29. The monoisotopic (exact) mass is 305 g/mol. The number of benzene rings is 1. The van der Waals surface area contributed by atoms with E-state index in [1.165, 1.54) is 24.3 Å². The third kappa shape index (κ3) is 2.77. The third-order valence-corrected chi connectivity index (χ3v) is 2.96. The number of nitrogen functional groups attached to an aromatic ring is 1. The van der Waals surface area contributed by atoms with Gasteiger partial charge in [-0.3, -0.25) is 0 Å². The Bertz CT molecular complexity index is 604. The van der Waals surface area contributed by atoms with Crippen molar-refractivity contribution in [3.63, 3.8) is 0 Å². The van der Waals surface area contributed by atoms with Gasteiger partial charge in [0.2, 0.25) is 0 Å². The van der Waals surface area contributed by atoms with Crippen LogP contribution in [0.1, 0.15) is 0 Å². The molecule has 1 heterocycles. The van der Waals surface area contributed by atoms with Gasteiger partial charge in [-0.25, -0.2) is 9.37 Å². The number of pyridine rings is 1. The van der Waals surface area contributed by atoms with Crippen molar-refractivity contribution in [3.8, 4) is 0 Å². The molecule has 2 aromatic rings. The van der Waals surface area contributed by atoms with Gasteiger partial charge >= 0.3 is 0 Å². The number of hydrogen-bond donors (Lipinski definition) is 2. The van der Waals surface area contributed by atoms with Crippen LogP contribution in [0, 0.1) is 5.82 Å². The fraction of sp³-hybridized carbons (Fsp3) is 0. The van der Waals surface area contributed by atoms with Crippen LogP contribution in [0.15, 0.2) is 24.3 Å². The largest absolute Gasteiger partial charge is 0.382 e. The molecule has 1 aromatic heterocycles. The minimum Gasteiger partial charge on any atom is -0.382 e. The van der Waals surface area contributed by atoms with Crippen molar-refractivity contribution in [3.05, 3.63) is 45.2 Å². The van der Waals surface area contributed by atoms with Crippen molar-refractivity contribution < 1.29 is 4.39 Å². The van der Waals surface area contributed by atoms with Gasteiger partial charge in [0.25, 0.3) is 0 Å². The van der Waals surface area contributed by atoms with E-state index in [2.05, 4.69) is 10.3 Å². The normalized spacial score (nSPS) is 10.4. The molecule has 0 bridgehead atoms. The Balaban J connectivity index is 2.40. The highest BCUT2D eigenvalue weighted by Crippen LogP contribution is 2.31. The summed E-state index contributed by atoms with van der Waals surface area (Å²) in [6, 6.07) is 5.51. The van der Waals surface area contributed by atoms with Gasteiger partial charge in [-0.1, -0.05) is 34.8 Å². The second-order valence-electron chi connectivity index (χ2n) is 3.44. The van der Waals surface area contributed by atoms with Crippen LogP contribution in [0.2, 0.25) is 15.1 Å². The lowest BCUT2D eigenvalue weighted by Crippen LogP contribution is -2.00. The predicted molar refractivity (Wildman–Crippen MR) is 73.4 cm³/mol. The maximum atomic E-state index is 13.5. The highest BCUT2D eigenvalue weighted by atomic mass is 35.5. The molecule has 0 amide bonds. The Hall–Kier alpha value is -1.23. The first-order valence-corrected chi connectivity index (χ1v) is 5.94. The van der Waals surface area contributed by atoms with Gasteiger partial charge in [-0.05, 0) is 24.3 Å². The summed E-state index contributed by atoms with van der Waals surface area (Å²) in [6.07, 6.45) is 0. The number of nitrogens with zero attached hydrogens (tertiary/aromatic N) is 1. The van der Waals surface area contributed by atoms with Crippen LogP contribution in [0.4, 0.5) is 21.7 Å². The molecule has 1 aromatic carbocycles. The molecular weight excluding hydrogens is 299 g/mol. The molecule has 0 fully saturated rings. The van der Waals surface area contributed by atoms with E-state index in [9.17, 15) is 4.39 Å². The number of halogens is 4. The number of anilines is 3. The van der Waals surface area contributed by atoms with Crippen LogP contribution in [-0.4, -0.2) is 4.98 Å². The second kappa shape index (κ2) is 5.18. The molecule has 3 nitrogen and oxygen atoms in total. The Labute approximate surface area is 118 Å². The fourth-order valence-corrected chi connectivity index (χ4v) is 1.87. The summed E-state index contributed by atoms with van der Waals surface area (Å²) in [6.45, 7) is 0. The zero-order valence-electron chi connectivity index (χ0n) is 8.85. The number of rotatable bonds is 2. The van der Waals surface area contributed by atoms with E-state index >= 15 is 0 Å². The van der Waals surface area contributed by atoms with Gasteiger partial charge in [-0.15, -0.1) is 0 Å². The van der Waals surface area contributed by atoms with E-state index in [4.69, 9.17) is 40.5 Å². The number of nitrogens with two attached hydrogens (primary N) is 1. The van der Waals surface area contributed by atoms with Crippen molar-refractivity contribution in [1.82, 2.24) is 4.98 Å². The van der Waals surface area contributed by atoms with Gasteiger partial charge in [0, 0.05) is 5.02 Å². The molecule has 7 heteroatoms. The molecule has 2 rings (SSSR count). The van der Waals surface area contributed by atoms with Crippen molar-refractivity contribution in [2.45, 2.75) is 0 Å². The van der Waals surface area contributed by atoms with Gasteiger partial charge in [-0.2, -0.15) is 0 Å². The molecule has 94 valence electrons. The summed E-state index contributed by atoms with van der Waals surface area (Å²) < 4.78 is 13.5. The summed E-state index contributed by atoms with van der Waals surface area (Å²) in [7, 11) is 0. The molecule has 3 N–H and O–H groups in total. The second-order valence-corrected chi connectivity index (χ2v) is 4.69. The van der Waals surface area contributed by atoms with Crippen molar-refractivity contribution in [2.24, 2.45) is 0 Å². The lowest BCUT2D eigenvalue weighted by atomic mass is 10.3. The van der Waals surface area contributed by atoms with Crippen molar-refractivity contribution in [2.75, 3.05) is 11.1 Å². The first kappa shape index (κ1) is 13.2. The Morgan fingerprint density at radius 1 is 1.11 bits per heavy atom. The summed E-state index contributed by atoms with van der Waals surface area (Å²) >= 11 is 17.4. The van der Waals surface area contributed by atoms with Crippen LogP contribution >= 0.6 is 34.8 Å². The zero-order valence-corrected chi connectivity index (χ0v) is 11.1. The van der Waals surface area contributed by atoms with Gasteiger partial charge in [0.15, 0.2) is 5.82 Å². The molecule has 0 spiro atoms. The molecule has 0 aliphatic rings. The summed E-state index contributed by atoms with van der Waals surface area (Å²) in [4.78, 5) is 3.93. The molecular formula is C11H7Cl3FN3. The van der Waals surface area contributed by atoms with E-state index in [0.717, 1.165) is 0 Å². The molecule has 0 radical (unpaired) electrons. The summed E-state index contributed by atoms with van der Waals surface area (Å²) in [5, 5.41) is 3.56. The smallest absolute Gasteiger partial charge is 0.151 e. The SMILES string of the molecule is Nc1nc(Nc2cc(Cl)ccc2F)c(Cl)cc1Cl. The van der Waals surface area contributed by atoms with Crippen LogP contribution in [0.3, 0.4) is 0 Å². The first-order chi connectivity index (χ1) is 8.47. The maximum absolute atomic E-state index is 13.5. The lowest BCUT2D eigenvalue weighted by Gasteiger charge is -2.10. The Morgan fingerprint density at radius 3 is 2.56 bits per heavy atom. The van der Waals surface area contributed by atoms with Crippen LogP contribution in [0.25, 0.3) is 0 Å². The Kier molecular flexibility index (Phi) is 3.80. The highest BCUT2D eigenvalue weighted by Gasteiger charge is 2.10. The lowest BCUT2D eigenvalue weighted by molar-refractivity contribution is 0.632. The molecule has 0 aliphatic carbocycles. The van der Waals surface area contributed by atoms with Crippen molar-refractivity contribution >= 4 is 52.1 Å². The van der Waals surface area contributed by atoms with E-state index in [1.807, 2.05) is 0 Å². The molecule has 0 atom stereocenters. The van der Waals surface area contributed by atoms with Gasteiger partial charge in [0.05, 0.1) is 15.7 Å². The standard InChI is InChI=1S/C11H7Cl3FN3/c12-5-1-2-8(15)9(3-5)17-11-7(14)4-6(13)10(16)18-11/h1-4H,(H3,16,17,18). The van der Waals surface area contributed by atoms with Gasteiger partial charge < -0.3 is 11.1 Å². The summed E-state index contributed by atoms with van der Waals surface area (Å²) in [5.74, 6) is -0.170. The third-order valence-electron chi connectivity index (χ3n) is 2.14. The molecule has 0 saturated heterocycles. The van der Waals surface area contributed by atoms with E-state index in [-0.39, 0.29) is 27.4 Å². The quantitative estimate of drug-likeness (QED) is 0.858. The van der Waals surface area contributed by atoms with E-state index in [0.29, 0.717) is 5.02 Å². The molecule has 0 unspecified atom stereocenters. The number of aromatic nitrogens is 1. The Morgan fingerprint density at radius 2 is 1.83 bits per heavy atom. The minimum absolute atomic E-state index is 0.103. The van der Waals surface area contributed by atoms with Gasteiger partial charge in [0.1, 0.15) is 11.6 Å². The molecule has 0 saturated carbocycles.